The third kappa shape index (κ3) is 1.71. The van der Waals surface area contributed by atoms with Gasteiger partial charge in [0.15, 0.2) is 0 Å². The molecule has 0 aliphatic heterocycles. The van der Waals surface area contributed by atoms with Gasteiger partial charge in [0.25, 0.3) is 0 Å². The molecule has 0 unspecified atom stereocenters. The first-order chi connectivity index (χ1) is 7.20. The van der Waals surface area contributed by atoms with Crippen molar-refractivity contribution in [3.8, 4) is 0 Å². The first kappa shape index (κ1) is 9.71. The van der Waals surface area contributed by atoms with Crippen LogP contribution in [0.4, 0.5) is 0 Å². The van der Waals surface area contributed by atoms with E-state index >= 15 is 0 Å². The molecule has 2 rings (SSSR count). The molecule has 0 saturated carbocycles. The fourth-order valence-electron chi connectivity index (χ4n) is 1.78. The van der Waals surface area contributed by atoms with E-state index in [9.17, 15) is 4.79 Å². The number of carbonyl (C=O) groups excluding carboxylic acids is 1. The highest BCUT2D eigenvalue weighted by atomic mass is 16.1. The molecular weight excluding hydrogens is 186 g/mol. The highest BCUT2D eigenvalue weighted by molar-refractivity contribution is 5.92. The van der Waals surface area contributed by atoms with Crippen LogP contribution >= 0.6 is 0 Å². The molecule has 0 fully saturated rings. The van der Waals surface area contributed by atoms with Crippen molar-refractivity contribution < 1.29 is 4.79 Å². The Morgan fingerprint density at radius 1 is 1.13 bits per heavy atom. The fourth-order valence-corrected chi connectivity index (χ4v) is 1.78. The van der Waals surface area contributed by atoms with Crippen molar-refractivity contribution in [1.29, 1.82) is 0 Å². The van der Waals surface area contributed by atoms with Gasteiger partial charge in [0, 0.05) is 0 Å². The number of fused-ring (bicyclic) bond motifs is 1. The molecule has 0 aliphatic rings. The van der Waals surface area contributed by atoms with Crippen LogP contribution in [0.2, 0.25) is 0 Å². The molecule has 0 aromatic heterocycles. The van der Waals surface area contributed by atoms with Crippen molar-refractivity contribution in [2.45, 2.75) is 12.8 Å². The van der Waals surface area contributed by atoms with Crippen LogP contribution in [0.1, 0.15) is 18.4 Å². The first-order valence-electron chi connectivity index (χ1n) is 4.97. The molecule has 0 aliphatic carbocycles. The van der Waals surface area contributed by atoms with E-state index in [0.29, 0.717) is 0 Å². The van der Waals surface area contributed by atoms with Crippen LogP contribution in [0, 0.1) is 0 Å². The second kappa shape index (κ2) is 3.73. The Morgan fingerprint density at radius 2 is 1.80 bits per heavy atom. The minimum absolute atomic E-state index is 0.240. The van der Waals surface area contributed by atoms with Crippen LogP contribution in [0.15, 0.2) is 42.5 Å². The van der Waals surface area contributed by atoms with E-state index in [1.807, 2.05) is 49.4 Å². The van der Waals surface area contributed by atoms with Gasteiger partial charge >= 0.3 is 0 Å². The average Bonchev–Trinajstić information content (AvgIpc) is 2.27. The summed E-state index contributed by atoms with van der Waals surface area (Å²) in [7, 11) is 0. The molecule has 0 heterocycles. The zero-order valence-corrected chi connectivity index (χ0v) is 8.60. The lowest BCUT2D eigenvalue weighted by Crippen LogP contribution is -2.18. The number of hydrogen-bond donors (Lipinski definition) is 1. The minimum Gasteiger partial charge on any atom is -0.369 e. The van der Waals surface area contributed by atoms with E-state index in [4.69, 9.17) is 5.73 Å². The van der Waals surface area contributed by atoms with Gasteiger partial charge in [-0.05, 0) is 23.3 Å². The first-order valence-corrected chi connectivity index (χ1v) is 4.97. The summed E-state index contributed by atoms with van der Waals surface area (Å²) in [4.78, 5) is 11.2. The van der Waals surface area contributed by atoms with Gasteiger partial charge in [-0.1, -0.05) is 42.5 Å². The zero-order chi connectivity index (χ0) is 10.8. The number of carbonyl (C=O) groups is 1. The summed E-state index contributed by atoms with van der Waals surface area (Å²) >= 11 is 0. The molecule has 2 N–H and O–H groups in total. The largest absolute Gasteiger partial charge is 0.369 e. The van der Waals surface area contributed by atoms with Gasteiger partial charge in [-0.3, -0.25) is 4.79 Å². The molecule has 2 nitrogen and oxygen atoms in total. The Morgan fingerprint density at radius 3 is 2.53 bits per heavy atom. The van der Waals surface area contributed by atoms with Gasteiger partial charge in [-0.15, -0.1) is 0 Å². The molecule has 0 spiro atoms. The number of rotatable bonds is 2. The van der Waals surface area contributed by atoms with Crippen molar-refractivity contribution in [1.82, 2.24) is 0 Å². The molecular formula is C13H13NO. The summed E-state index contributed by atoms with van der Waals surface area (Å²) in [5, 5.41) is 2.24. The van der Waals surface area contributed by atoms with Gasteiger partial charge in [0.2, 0.25) is 5.91 Å². The van der Waals surface area contributed by atoms with Crippen LogP contribution in [-0.2, 0) is 4.79 Å². The van der Waals surface area contributed by atoms with Gasteiger partial charge < -0.3 is 5.73 Å². The number of benzene rings is 2. The molecule has 0 saturated heterocycles. The Bertz CT molecular complexity index is 499. The van der Waals surface area contributed by atoms with Crippen molar-refractivity contribution in [2.75, 3.05) is 0 Å². The number of amides is 1. The van der Waals surface area contributed by atoms with E-state index in [1.54, 1.807) is 0 Å². The lowest BCUT2D eigenvalue weighted by molar-refractivity contribution is -0.119. The smallest absolute Gasteiger partial charge is 0.224 e. The quantitative estimate of drug-likeness (QED) is 0.793. The highest BCUT2D eigenvalue weighted by Gasteiger charge is 2.13. The summed E-state index contributed by atoms with van der Waals surface area (Å²) < 4.78 is 0. The topological polar surface area (TPSA) is 43.1 Å². The molecule has 1 amide bonds. The standard InChI is InChI=1S/C13H13NO/c1-9(13(14)15)11-8-4-6-10-5-2-3-7-12(10)11/h2-9H,1H3,(H2,14,15)/t9-/m1/s1. The van der Waals surface area contributed by atoms with Crippen molar-refractivity contribution >= 4 is 16.7 Å². The van der Waals surface area contributed by atoms with E-state index in [1.165, 1.54) is 0 Å². The number of hydrogen-bond acceptors (Lipinski definition) is 1. The Kier molecular flexibility index (Phi) is 2.42. The van der Waals surface area contributed by atoms with Crippen LogP contribution in [0.25, 0.3) is 10.8 Å². The molecule has 0 radical (unpaired) electrons. The second-order valence-electron chi connectivity index (χ2n) is 3.69. The zero-order valence-electron chi connectivity index (χ0n) is 8.60. The normalized spacial score (nSPS) is 12.6. The monoisotopic (exact) mass is 199 g/mol. The van der Waals surface area contributed by atoms with Gasteiger partial charge in [0.05, 0.1) is 5.92 Å². The van der Waals surface area contributed by atoms with Crippen LogP contribution in [0.3, 0.4) is 0 Å². The second-order valence-corrected chi connectivity index (χ2v) is 3.69. The molecule has 15 heavy (non-hydrogen) atoms. The Hall–Kier alpha value is -1.83. The third-order valence-electron chi connectivity index (χ3n) is 2.72. The predicted molar refractivity (Wildman–Crippen MR) is 61.6 cm³/mol. The number of nitrogens with two attached hydrogens (primary N) is 1. The summed E-state index contributed by atoms with van der Waals surface area (Å²) in [6.45, 7) is 1.84. The van der Waals surface area contributed by atoms with E-state index < -0.39 is 0 Å². The van der Waals surface area contributed by atoms with Crippen LogP contribution in [-0.4, -0.2) is 5.91 Å². The summed E-state index contributed by atoms with van der Waals surface area (Å²) in [5.41, 5.74) is 6.32. The predicted octanol–water partition coefficient (Wildman–Crippen LogP) is 2.43. The maximum absolute atomic E-state index is 11.2. The Balaban J connectivity index is 2.65. The number of primary amides is 1. The molecule has 2 heteroatoms. The van der Waals surface area contributed by atoms with E-state index in [0.717, 1.165) is 16.3 Å². The average molecular weight is 199 g/mol. The minimum atomic E-state index is -0.286. The maximum Gasteiger partial charge on any atom is 0.224 e. The van der Waals surface area contributed by atoms with Gasteiger partial charge in [0.1, 0.15) is 0 Å². The maximum atomic E-state index is 11.2. The van der Waals surface area contributed by atoms with Crippen molar-refractivity contribution in [2.24, 2.45) is 5.73 Å². The summed E-state index contributed by atoms with van der Waals surface area (Å²) in [6, 6.07) is 14.0. The Labute approximate surface area is 88.7 Å². The molecule has 76 valence electrons. The third-order valence-corrected chi connectivity index (χ3v) is 2.72. The van der Waals surface area contributed by atoms with Crippen LogP contribution < -0.4 is 5.73 Å². The van der Waals surface area contributed by atoms with Crippen molar-refractivity contribution in [3.05, 3.63) is 48.0 Å². The van der Waals surface area contributed by atoms with E-state index in [2.05, 4.69) is 0 Å². The lowest BCUT2D eigenvalue weighted by atomic mass is 9.94. The summed E-state index contributed by atoms with van der Waals surface area (Å²) in [6.07, 6.45) is 0. The SMILES string of the molecule is C[C@@H](C(N)=O)c1cccc2ccccc12. The molecule has 2 aromatic carbocycles. The molecule has 2 aromatic rings. The molecule has 1 atom stereocenters. The fraction of sp³-hybridized carbons (Fsp3) is 0.154. The van der Waals surface area contributed by atoms with Crippen molar-refractivity contribution in [3.63, 3.8) is 0 Å². The highest BCUT2D eigenvalue weighted by Crippen LogP contribution is 2.24. The van der Waals surface area contributed by atoms with Crippen LogP contribution in [0.5, 0.6) is 0 Å². The summed E-state index contributed by atoms with van der Waals surface area (Å²) in [5.74, 6) is -0.526. The molecule has 0 bridgehead atoms. The van der Waals surface area contributed by atoms with Gasteiger partial charge in [-0.2, -0.15) is 0 Å². The lowest BCUT2D eigenvalue weighted by Gasteiger charge is -2.10. The van der Waals surface area contributed by atoms with E-state index in [-0.39, 0.29) is 11.8 Å². The van der Waals surface area contributed by atoms with Gasteiger partial charge in [-0.25, -0.2) is 0 Å².